The van der Waals surface area contributed by atoms with E-state index in [2.05, 4.69) is 203 Å². The minimum Gasteiger partial charge on any atom is -0.309 e. The molecule has 0 fully saturated rings. The quantitative estimate of drug-likeness (QED) is 0.177. The summed E-state index contributed by atoms with van der Waals surface area (Å²) in [5, 5.41) is 4.91. The van der Waals surface area contributed by atoms with Crippen molar-refractivity contribution in [2.24, 2.45) is 0 Å². The lowest BCUT2D eigenvalue weighted by Crippen LogP contribution is -2.00. The molecule has 0 aliphatic rings. The molecule has 0 atom stereocenters. The van der Waals surface area contributed by atoms with Gasteiger partial charge in [-0.05, 0) is 76.5 Å². The van der Waals surface area contributed by atoms with E-state index in [0.717, 1.165) is 22.8 Å². The molecule has 0 aliphatic carbocycles. The maximum Gasteiger partial charge on any atom is 0.0540 e. The van der Waals surface area contributed by atoms with Crippen LogP contribution in [-0.2, 0) is 0 Å². The molecule has 7 aromatic carbocycles. The second-order valence-electron chi connectivity index (χ2n) is 12.2. The van der Waals surface area contributed by atoms with E-state index in [1.54, 1.807) is 0 Å². The number of fused-ring (bicyclic) bond motifs is 3. The van der Waals surface area contributed by atoms with Crippen LogP contribution in [0.5, 0.6) is 0 Å². The van der Waals surface area contributed by atoms with Gasteiger partial charge in [0.2, 0.25) is 0 Å². The molecule has 9 aromatic rings. The van der Waals surface area contributed by atoms with Crippen LogP contribution in [0.4, 0.5) is 0 Å². The Morgan fingerprint density at radius 1 is 0.312 bits per heavy atom. The molecule has 2 nitrogen and oxygen atoms in total. The van der Waals surface area contributed by atoms with Gasteiger partial charge in [-0.25, -0.2) is 0 Å². The molecule has 9 rings (SSSR count). The molecule has 48 heavy (non-hydrogen) atoms. The van der Waals surface area contributed by atoms with Gasteiger partial charge in [0.1, 0.15) is 0 Å². The first-order valence-corrected chi connectivity index (χ1v) is 16.4. The molecule has 0 aliphatic heterocycles. The van der Waals surface area contributed by atoms with Gasteiger partial charge in [0.05, 0.1) is 22.4 Å². The van der Waals surface area contributed by atoms with E-state index in [-0.39, 0.29) is 0 Å². The predicted molar refractivity (Wildman–Crippen MR) is 204 cm³/mol. The molecule has 226 valence electrons. The van der Waals surface area contributed by atoms with Crippen LogP contribution in [-0.4, -0.2) is 9.13 Å². The van der Waals surface area contributed by atoms with Crippen molar-refractivity contribution in [2.75, 3.05) is 0 Å². The molecule has 2 aromatic heterocycles. The van der Waals surface area contributed by atoms with Crippen LogP contribution < -0.4 is 0 Å². The molecule has 0 unspecified atom stereocenters. The number of hydrogen-bond acceptors (Lipinski definition) is 0. The minimum absolute atomic E-state index is 1.12. The number of para-hydroxylation sites is 4. The average molecular weight is 613 g/mol. The highest BCUT2D eigenvalue weighted by atomic mass is 15.0. The molecular weight excluding hydrogens is 581 g/mol. The fourth-order valence-electron chi connectivity index (χ4n) is 7.11. The van der Waals surface area contributed by atoms with E-state index in [9.17, 15) is 0 Å². The zero-order valence-electron chi connectivity index (χ0n) is 26.4. The Balaban J connectivity index is 1.23. The first-order valence-electron chi connectivity index (χ1n) is 16.4. The average Bonchev–Trinajstić information content (AvgIpc) is 3.72. The predicted octanol–water partition coefficient (Wildman–Crippen LogP) is 12.2. The second kappa shape index (κ2) is 11.8. The van der Waals surface area contributed by atoms with E-state index < -0.39 is 0 Å². The molecule has 0 spiro atoms. The van der Waals surface area contributed by atoms with Gasteiger partial charge in [0, 0.05) is 33.3 Å². The Morgan fingerprint density at radius 3 is 1.38 bits per heavy atom. The third-order valence-corrected chi connectivity index (χ3v) is 9.34. The zero-order valence-corrected chi connectivity index (χ0v) is 26.4. The highest BCUT2D eigenvalue weighted by molar-refractivity contribution is 5.94. The summed E-state index contributed by atoms with van der Waals surface area (Å²) >= 11 is 0. The van der Waals surface area contributed by atoms with Crippen molar-refractivity contribution in [3.8, 4) is 33.6 Å². The summed E-state index contributed by atoms with van der Waals surface area (Å²) in [5.74, 6) is 0. The third-order valence-electron chi connectivity index (χ3n) is 9.34. The molecule has 0 radical (unpaired) electrons. The van der Waals surface area contributed by atoms with Gasteiger partial charge in [-0.15, -0.1) is 0 Å². The highest BCUT2D eigenvalue weighted by Gasteiger charge is 2.16. The van der Waals surface area contributed by atoms with Gasteiger partial charge in [-0.2, -0.15) is 0 Å². The second-order valence-corrected chi connectivity index (χ2v) is 12.2. The van der Waals surface area contributed by atoms with Crippen molar-refractivity contribution >= 4 is 44.7 Å². The van der Waals surface area contributed by atoms with Crippen molar-refractivity contribution in [3.05, 3.63) is 193 Å². The van der Waals surface area contributed by atoms with E-state index in [1.165, 1.54) is 54.8 Å². The fourth-order valence-corrected chi connectivity index (χ4v) is 7.11. The standard InChI is InChI=1S/C46H32N2/c1-2-15-34(16-3-1)41-20-8-12-24-45(41)47-39(31-37-18-6-10-22-43(37)47)28-29-40-32-38-19-7-11-23-44(38)48(40)46-25-13-9-21-42(46)36-27-26-33-14-4-5-17-35(33)30-36/h1-32H/b29-28-. The Hall–Kier alpha value is -6.38. The van der Waals surface area contributed by atoms with Crippen LogP contribution in [0.1, 0.15) is 11.4 Å². The van der Waals surface area contributed by atoms with Gasteiger partial charge in [0.25, 0.3) is 0 Å². The molecule has 0 saturated carbocycles. The summed E-state index contributed by atoms with van der Waals surface area (Å²) < 4.78 is 4.80. The number of rotatable bonds is 6. The molecular formula is C46H32N2. The van der Waals surface area contributed by atoms with Gasteiger partial charge in [-0.3, -0.25) is 0 Å². The van der Waals surface area contributed by atoms with Crippen LogP contribution in [0.25, 0.3) is 78.4 Å². The lowest BCUT2D eigenvalue weighted by molar-refractivity contribution is 1.10. The zero-order chi connectivity index (χ0) is 31.9. The summed E-state index contributed by atoms with van der Waals surface area (Å²) in [6.07, 6.45) is 4.54. The first kappa shape index (κ1) is 27.9. The van der Waals surface area contributed by atoms with Gasteiger partial charge in [-0.1, -0.05) is 140 Å². The van der Waals surface area contributed by atoms with Gasteiger partial charge >= 0.3 is 0 Å². The van der Waals surface area contributed by atoms with Gasteiger partial charge in [0.15, 0.2) is 0 Å². The van der Waals surface area contributed by atoms with Crippen LogP contribution in [0.2, 0.25) is 0 Å². The number of hydrogen-bond donors (Lipinski definition) is 0. The van der Waals surface area contributed by atoms with Crippen molar-refractivity contribution in [3.63, 3.8) is 0 Å². The normalized spacial score (nSPS) is 11.7. The van der Waals surface area contributed by atoms with Gasteiger partial charge < -0.3 is 9.13 Å². The van der Waals surface area contributed by atoms with Crippen LogP contribution in [0.3, 0.4) is 0 Å². The summed E-state index contributed by atoms with van der Waals surface area (Å²) in [6, 6.07) is 65.4. The first-order chi connectivity index (χ1) is 23.8. The molecule has 2 heterocycles. The Labute approximate surface area is 280 Å². The molecule has 0 amide bonds. The summed E-state index contributed by atoms with van der Waals surface area (Å²) in [6.45, 7) is 0. The summed E-state index contributed by atoms with van der Waals surface area (Å²) in [4.78, 5) is 0. The number of aromatic nitrogens is 2. The summed E-state index contributed by atoms with van der Waals surface area (Å²) in [5.41, 5.74) is 11.7. The molecule has 0 N–H and O–H groups in total. The lowest BCUT2D eigenvalue weighted by Gasteiger charge is -2.16. The van der Waals surface area contributed by atoms with Crippen molar-refractivity contribution in [2.45, 2.75) is 0 Å². The minimum atomic E-state index is 1.12. The van der Waals surface area contributed by atoms with Crippen molar-refractivity contribution in [1.29, 1.82) is 0 Å². The lowest BCUT2D eigenvalue weighted by atomic mass is 9.99. The van der Waals surface area contributed by atoms with E-state index in [0.29, 0.717) is 0 Å². The Kier molecular flexibility index (Phi) is 6.84. The topological polar surface area (TPSA) is 9.86 Å². The van der Waals surface area contributed by atoms with Crippen molar-refractivity contribution in [1.82, 2.24) is 9.13 Å². The summed E-state index contributed by atoms with van der Waals surface area (Å²) in [7, 11) is 0. The smallest absolute Gasteiger partial charge is 0.0540 e. The van der Waals surface area contributed by atoms with E-state index in [4.69, 9.17) is 0 Å². The Morgan fingerprint density at radius 2 is 0.771 bits per heavy atom. The monoisotopic (exact) mass is 612 g/mol. The van der Waals surface area contributed by atoms with E-state index in [1.807, 2.05) is 0 Å². The highest BCUT2D eigenvalue weighted by Crippen LogP contribution is 2.36. The van der Waals surface area contributed by atoms with Crippen LogP contribution in [0.15, 0.2) is 182 Å². The number of benzene rings is 7. The molecule has 0 bridgehead atoms. The maximum atomic E-state index is 2.40. The fraction of sp³-hybridized carbons (Fsp3) is 0. The maximum absolute atomic E-state index is 2.40. The molecule has 2 heteroatoms. The SMILES string of the molecule is C(=C/c1cc2ccccc2n1-c1ccccc1-c1ccc2ccccc2c1)/c1cc2ccccc2n1-c1ccccc1-c1ccccc1. The van der Waals surface area contributed by atoms with E-state index >= 15 is 0 Å². The van der Waals surface area contributed by atoms with Crippen LogP contribution in [0, 0.1) is 0 Å². The van der Waals surface area contributed by atoms with Crippen LogP contribution >= 0.6 is 0 Å². The molecule has 0 saturated heterocycles. The largest absolute Gasteiger partial charge is 0.309 e. The number of nitrogens with zero attached hydrogens (tertiary/aromatic N) is 2. The Bertz CT molecular complexity index is 2620. The third kappa shape index (κ3) is 4.83. The van der Waals surface area contributed by atoms with Crippen molar-refractivity contribution < 1.29 is 0 Å².